The molecule has 3 aromatic rings. The SMILES string of the molecule is Cc1cc(OCCCc2c(C(=O)NS(C)(=O)=O)[nH]c3cccc(C)c23)cc(C)c1Cl. The van der Waals surface area contributed by atoms with Crippen molar-refractivity contribution in [3.63, 3.8) is 0 Å². The molecule has 2 N–H and O–H groups in total. The third-order valence-corrected chi connectivity index (χ3v) is 6.04. The molecule has 1 aromatic heterocycles. The van der Waals surface area contributed by atoms with Gasteiger partial charge in [-0.2, -0.15) is 0 Å². The molecule has 3 rings (SSSR count). The minimum absolute atomic E-state index is 0.267. The second-order valence-corrected chi connectivity index (χ2v) is 9.63. The van der Waals surface area contributed by atoms with Crippen LogP contribution in [-0.2, 0) is 16.4 Å². The minimum Gasteiger partial charge on any atom is -0.494 e. The Morgan fingerprint density at radius 1 is 1.13 bits per heavy atom. The van der Waals surface area contributed by atoms with E-state index >= 15 is 0 Å². The number of nitrogens with one attached hydrogen (secondary N) is 2. The van der Waals surface area contributed by atoms with Gasteiger partial charge in [0, 0.05) is 15.9 Å². The number of H-pyrrole nitrogens is 1. The van der Waals surface area contributed by atoms with Gasteiger partial charge in [0.15, 0.2) is 0 Å². The molecule has 0 unspecified atom stereocenters. The van der Waals surface area contributed by atoms with E-state index in [9.17, 15) is 13.2 Å². The Kier molecular flexibility index (Phi) is 6.43. The Hall–Kier alpha value is -2.51. The Labute approximate surface area is 181 Å². The van der Waals surface area contributed by atoms with Gasteiger partial charge < -0.3 is 9.72 Å². The molecular formula is C22H25ClN2O4S. The van der Waals surface area contributed by atoms with Gasteiger partial charge in [0.25, 0.3) is 5.91 Å². The van der Waals surface area contributed by atoms with Gasteiger partial charge in [0.1, 0.15) is 11.4 Å². The number of halogens is 1. The van der Waals surface area contributed by atoms with Gasteiger partial charge in [-0.15, -0.1) is 0 Å². The van der Waals surface area contributed by atoms with Gasteiger partial charge in [-0.05, 0) is 74.1 Å². The van der Waals surface area contributed by atoms with Crippen molar-refractivity contribution in [2.75, 3.05) is 12.9 Å². The van der Waals surface area contributed by atoms with Gasteiger partial charge in [0.05, 0.1) is 12.9 Å². The lowest BCUT2D eigenvalue weighted by Gasteiger charge is -2.11. The lowest BCUT2D eigenvalue weighted by Crippen LogP contribution is -2.30. The van der Waals surface area contributed by atoms with E-state index in [4.69, 9.17) is 16.3 Å². The van der Waals surface area contributed by atoms with Gasteiger partial charge in [0.2, 0.25) is 10.0 Å². The van der Waals surface area contributed by atoms with Crippen LogP contribution in [0.3, 0.4) is 0 Å². The lowest BCUT2D eigenvalue weighted by molar-refractivity contribution is 0.0976. The first-order valence-electron chi connectivity index (χ1n) is 9.58. The fraction of sp³-hybridized carbons (Fsp3) is 0.318. The number of ether oxygens (including phenoxy) is 1. The summed E-state index contributed by atoms with van der Waals surface area (Å²) in [5, 5.41) is 1.67. The second-order valence-electron chi connectivity index (χ2n) is 7.50. The summed E-state index contributed by atoms with van der Waals surface area (Å²) in [4.78, 5) is 15.6. The van der Waals surface area contributed by atoms with Crippen molar-refractivity contribution in [3.8, 4) is 5.75 Å². The Bertz CT molecular complexity index is 1190. The fourth-order valence-corrected chi connectivity index (χ4v) is 4.15. The first-order valence-corrected chi connectivity index (χ1v) is 11.9. The number of rotatable bonds is 7. The number of sulfonamides is 1. The van der Waals surface area contributed by atoms with Crippen LogP contribution in [0.5, 0.6) is 5.75 Å². The minimum atomic E-state index is -3.66. The highest BCUT2D eigenvalue weighted by molar-refractivity contribution is 7.89. The summed E-state index contributed by atoms with van der Waals surface area (Å²) in [6.07, 6.45) is 2.17. The summed E-state index contributed by atoms with van der Waals surface area (Å²) in [5.74, 6) is 0.0903. The largest absolute Gasteiger partial charge is 0.494 e. The second kappa shape index (κ2) is 8.70. The molecule has 2 aromatic carbocycles. The predicted molar refractivity (Wildman–Crippen MR) is 120 cm³/mol. The number of amides is 1. The summed E-state index contributed by atoms with van der Waals surface area (Å²) in [6.45, 7) is 6.28. The van der Waals surface area contributed by atoms with Crippen molar-refractivity contribution in [3.05, 3.63) is 63.3 Å². The van der Waals surface area contributed by atoms with E-state index in [1.165, 1.54) is 0 Å². The van der Waals surface area contributed by atoms with Crippen LogP contribution in [0.25, 0.3) is 10.9 Å². The van der Waals surface area contributed by atoms with E-state index in [0.717, 1.165) is 50.2 Å². The number of hydrogen-bond acceptors (Lipinski definition) is 4. The van der Waals surface area contributed by atoms with Crippen LogP contribution < -0.4 is 9.46 Å². The number of carbonyl (C=O) groups excluding carboxylic acids is 1. The normalized spacial score (nSPS) is 11.6. The monoisotopic (exact) mass is 448 g/mol. The molecule has 0 radical (unpaired) electrons. The van der Waals surface area contributed by atoms with E-state index in [1.54, 1.807) is 0 Å². The summed E-state index contributed by atoms with van der Waals surface area (Å²) < 4.78 is 31.0. The van der Waals surface area contributed by atoms with Crippen LogP contribution in [0.4, 0.5) is 0 Å². The van der Waals surface area contributed by atoms with Crippen LogP contribution in [0, 0.1) is 20.8 Å². The molecule has 0 aliphatic carbocycles. The van der Waals surface area contributed by atoms with Crippen molar-refractivity contribution in [2.24, 2.45) is 0 Å². The molecule has 8 heteroatoms. The van der Waals surface area contributed by atoms with Gasteiger partial charge in [-0.25, -0.2) is 13.1 Å². The molecule has 0 aliphatic heterocycles. The number of aryl methyl sites for hydroxylation is 4. The van der Waals surface area contributed by atoms with Gasteiger partial charge in [-0.1, -0.05) is 23.7 Å². The number of fused-ring (bicyclic) bond motifs is 1. The predicted octanol–water partition coefficient (Wildman–Crippen LogP) is 4.45. The molecule has 1 heterocycles. The van der Waals surface area contributed by atoms with Crippen molar-refractivity contribution in [2.45, 2.75) is 33.6 Å². The Morgan fingerprint density at radius 3 is 2.43 bits per heavy atom. The molecule has 0 fully saturated rings. The zero-order valence-electron chi connectivity index (χ0n) is 17.4. The van der Waals surface area contributed by atoms with Crippen LogP contribution in [0.1, 0.15) is 39.2 Å². The van der Waals surface area contributed by atoms with Crippen LogP contribution in [0.15, 0.2) is 30.3 Å². The Balaban J connectivity index is 1.81. The molecule has 0 spiro atoms. The average Bonchev–Trinajstić information content (AvgIpc) is 3.02. The third kappa shape index (κ3) is 4.96. The van der Waals surface area contributed by atoms with Crippen LogP contribution >= 0.6 is 11.6 Å². The summed E-state index contributed by atoms with van der Waals surface area (Å²) >= 11 is 6.20. The zero-order valence-corrected chi connectivity index (χ0v) is 19.0. The van der Waals surface area contributed by atoms with Crippen molar-refractivity contribution in [1.29, 1.82) is 0 Å². The van der Waals surface area contributed by atoms with E-state index in [0.29, 0.717) is 19.4 Å². The van der Waals surface area contributed by atoms with Crippen LogP contribution in [-0.4, -0.2) is 32.2 Å². The van der Waals surface area contributed by atoms with Gasteiger partial charge in [-0.3, -0.25) is 4.79 Å². The molecule has 0 bridgehead atoms. The molecule has 0 aliphatic rings. The Morgan fingerprint density at radius 2 is 1.80 bits per heavy atom. The summed E-state index contributed by atoms with van der Waals surface area (Å²) in [6, 6.07) is 9.53. The van der Waals surface area contributed by atoms with Crippen molar-refractivity contribution in [1.82, 2.24) is 9.71 Å². The van der Waals surface area contributed by atoms with E-state index in [2.05, 4.69) is 4.98 Å². The summed E-state index contributed by atoms with van der Waals surface area (Å²) in [5.41, 5.74) is 4.78. The molecule has 160 valence electrons. The van der Waals surface area contributed by atoms with E-state index in [1.807, 2.05) is 55.8 Å². The average molecular weight is 449 g/mol. The maximum Gasteiger partial charge on any atom is 0.281 e. The topological polar surface area (TPSA) is 88.3 Å². The van der Waals surface area contributed by atoms with E-state index < -0.39 is 15.9 Å². The highest BCUT2D eigenvalue weighted by atomic mass is 35.5. The van der Waals surface area contributed by atoms with Crippen molar-refractivity contribution >= 4 is 38.4 Å². The van der Waals surface area contributed by atoms with E-state index in [-0.39, 0.29) is 5.69 Å². The standard InChI is InChI=1S/C22H25ClN2O4S/c1-13-7-5-9-18-19(13)17(21(24-18)22(26)25-30(4,27)28)8-6-10-29-16-11-14(2)20(23)15(3)12-16/h5,7,9,11-12,24H,6,8,10H2,1-4H3,(H,25,26). The zero-order chi connectivity index (χ0) is 22.1. The number of benzene rings is 2. The molecule has 0 saturated carbocycles. The first-order chi connectivity index (χ1) is 14.1. The fourth-order valence-electron chi connectivity index (χ4n) is 3.60. The van der Waals surface area contributed by atoms with Crippen LogP contribution in [0.2, 0.25) is 5.02 Å². The molecule has 30 heavy (non-hydrogen) atoms. The number of aromatic amines is 1. The van der Waals surface area contributed by atoms with Crippen molar-refractivity contribution < 1.29 is 17.9 Å². The maximum absolute atomic E-state index is 12.6. The molecule has 1 amide bonds. The smallest absolute Gasteiger partial charge is 0.281 e. The maximum atomic E-state index is 12.6. The van der Waals surface area contributed by atoms with Gasteiger partial charge >= 0.3 is 0 Å². The number of aromatic nitrogens is 1. The molecule has 0 saturated heterocycles. The highest BCUT2D eigenvalue weighted by Crippen LogP contribution is 2.28. The number of carbonyl (C=O) groups is 1. The quantitative estimate of drug-likeness (QED) is 0.523. The number of hydrogen-bond donors (Lipinski definition) is 2. The lowest BCUT2D eigenvalue weighted by atomic mass is 10.0. The molecular weight excluding hydrogens is 424 g/mol. The summed E-state index contributed by atoms with van der Waals surface area (Å²) in [7, 11) is -3.66. The first kappa shape index (κ1) is 22.2. The molecule has 0 atom stereocenters. The third-order valence-electron chi connectivity index (χ3n) is 4.89. The molecule has 6 nitrogen and oxygen atoms in total. The highest BCUT2D eigenvalue weighted by Gasteiger charge is 2.21.